The van der Waals surface area contributed by atoms with Crippen LogP contribution in [0.3, 0.4) is 0 Å². The molecule has 2 aromatic carbocycles. The standard InChI is InChI=1S/C17H16N4O3/c1-19-15(12-7-9-14(10-8-12)21(22)23)11-16-20(19)17(18-24-16)13-5-3-2-4-6-13/h2-10,15-16H,11H2,1H3/t15-,16+/m1/s1. The Morgan fingerprint density at radius 1 is 1.17 bits per heavy atom. The number of amidine groups is 1. The molecular weight excluding hydrogens is 308 g/mol. The van der Waals surface area contributed by atoms with Gasteiger partial charge in [0.05, 0.1) is 11.0 Å². The molecule has 2 atom stereocenters. The molecule has 0 saturated carbocycles. The summed E-state index contributed by atoms with van der Waals surface area (Å²) in [6.07, 6.45) is 0.596. The number of hydrogen-bond donors (Lipinski definition) is 0. The Labute approximate surface area is 138 Å². The number of nitro groups is 1. The highest BCUT2D eigenvalue weighted by Gasteiger charge is 2.45. The molecule has 4 rings (SSSR count). The maximum absolute atomic E-state index is 10.8. The maximum Gasteiger partial charge on any atom is 0.269 e. The zero-order valence-corrected chi connectivity index (χ0v) is 13.1. The lowest BCUT2D eigenvalue weighted by atomic mass is 10.0. The van der Waals surface area contributed by atoms with Crippen LogP contribution in [0.25, 0.3) is 0 Å². The number of non-ortho nitro benzene ring substituents is 1. The largest absolute Gasteiger partial charge is 0.367 e. The predicted octanol–water partition coefficient (Wildman–Crippen LogP) is 2.91. The van der Waals surface area contributed by atoms with Crippen LogP contribution < -0.4 is 0 Å². The second kappa shape index (κ2) is 5.61. The highest BCUT2D eigenvalue weighted by molar-refractivity contribution is 5.99. The van der Waals surface area contributed by atoms with Crippen LogP contribution in [0, 0.1) is 10.1 Å². The lowest BCUT2D eigenvalue weighted by Gasteiger charge is -2.28. The van der Waals surface area contributed by atoms with Crippen molar-refractivity contribution in [2.24, 2.45) is 5.16 Å². The van der Waals surface area contributed by atoms with Gasteiger partial charge in [-0.2, -0.15) is 0 Å². The molecule has 0 unspecified atom stereocenters. The summed E-state index contributed by atoms with van der Waals surface area (Å²) >= 11 is 0. The number of oxime groups is 1. The molecule has 0 aromatic heterocycles. The molecule has 2 aliphatic rings. The summed E-state index contributed by atoms with van der Waals surface area (Å²) in [6, 6.07) is 16.7. The molecule has 2 aliphatic heterocycles. The lowest BCUT2D eigenvalue weighted by molar-refractivity contribution is -0.384. The van der Waals surface area contributed by atoms with Crippen LogP contribution in [0.2, 0.25) is 0 Å². The molecule has 0 radical (unpaired) electrons. The van der Waals surface area contributed by atoms with Gasteiger partial charge in [0.1, 0.15) is 0 Å². The van der Waals surface area contributed by atoms with E-state index in [9.17, 15) is 10.1 Å². The van der Waals surface area contributed by atoms with Crippen molar-refractivity contribution in [1.29, 1.82) is 0 Å². The van der Waals surface area contributed by atoms with E-state index in [0.717, 1.165) is 23.4 Å². The zero-order chi connectivity index (χ0) is 16.7. The molecule has 0 N–H and O–H groups in total. The van der Waals surface area contributed by atoms with Gasteiger partial charge in [0, 0.05) is 31.2 Å². The normalized spacial score (nSPS) is 22.9. The number of hydrogen-bond acceptors (Lipinski definition) is 6. The van der Waals surface area contributed by atoms with E-state index in [2.05, 4.69) is 10.2 Å². The molecule has 1 saturated heterocycles. The van der Waals surface area contributed by atoms with Crippen molar-refractivity contribution >= 4 is 11.5 Å². The van der Waals surface area contributed by atoms with Gasteiger partial charge in [-0.25, -0.2) is 10.0 Å². The van der Waals surface area contributed by atoms with Gasteiger partial charge in [-0.1, -0.05) is 47.6 Å². The van der Waals surface area contributed by atoms with Crippen LogP contribution in [-0.4, -0.2) is 34.1 Å². The summed E-state index contributed by atoms with van der Waals surface area (Å²) in [5.74, 6) is 0.785. The highest BCUT2D eigenvalue weighted by Crippen LogP contribution is 2.39. The summed E-state index contributed by atoms with van der Waals surface area (Å²) < 4.78 is 0. The Balaban J connectivity index is 1.59. The minimum atomic E-state index is -0.385. The Morgan fingerprint density at radius 2 is 1.88 bits per heavy atom. The van der Waals surface area contributed by atoms with Gasteiger partial charge >= 0.3 is 0 Å². The first-order valence-electron chi connectivity index (χ1n) is 7.71. The fourth-order valence-electron chi connectivity index (χ4n) is 3.26. The second-order valence-corrected chi connectivity index (χ2v) is 5.86. The molecule has 122 valence electrons. The van der Waals surface area contributed by atoms with Gasteiger partial charge < -0.3 is 4.84 Å². The maximum atomic E-state index is 10.8. The quantitative estimate of drug-likeness (QED) is 0.641. The first-order chi connectivity index (χ1) is 11.6. The molecule has 2 heterocycles. The topological polar surface area (TPSA) is 71.2 Å². The summed E-state index contributed by atoms with van der Waals surface area (Å²) in [5, 5.41) is 19.2. The van der Waals surface area contributed by atoms with Crippen LogP contribution in [0.5, 0.6) is 0 Å². The summed E-state index contributed by atoms with van der Waals surface area (Å²) in [5.41, 5.74) is 2.12. The second-order valence-electron chi connectivity index (χ2n) is 5.86. The van der Waals surface area contributed by atoms with Crippen molar-refractivity contribution in [2.45, 2.75) is 18.7 Å². The fraction of sp³-hybridized carbons (Fsp3) is 0.235. The third-order valence-electron chi connectivity index (χ3n) is 4.49. The van der Waals surface area contributed by atoms with E-state index in [1.54, 1.807) is 24.3 Å². The van der Waals surface area contributed by atoms with Gasteiger partial charge in [0.15, 0.2) is 5.84 Å². The number of rotatable bonds is 3. The van der Waals surface area contributed by atoms with E-state index >= 15 is 0 Å². The van der Waals surface area contributed by atoms with Crippen molar-refractivity contribution in [1.82, 2.24) is 10.0 Å². The van der Waals surface area contributed by atoms with Crippen molar-refractivity contribution in [3.05, 3.63) is 75.8 Å². The smallest absolute Gasteiger partial charge is 0.269 e. The molecular formula is C17H16N4O3. The average Bonchev–Trinajstić information content (AvgIpc) is 3.16. The minimum Gasteiger partial charge on any atom is -0.367 e. The average molecular weight is 324 g/mol. The molecule has 0 amide bonds. The van der Waals surface area contributed by atoms with Crippen LogP contribution in [-0.2, 0) is 4.84 Å². The number of benzene rings is 2. The van der Waals surface area contributed by atoms with E-state index in [1.165, 1.54) is 0 Å². The molecule has 7 nitrogen and oxygen atoms in total. The monoisotopic (exact) mass is 324 g/mol. The van der Waals surface area contributed by atoms with E-state index in [1.807, 2.05) is 42.4 Å². The molecule has 0 aliphatic carbocycles. The SMILES string of the molecule is CN1[C@@H](c2ccc([N+](=O)[O-])cc2)C[C@@H]2ON=C(c3ccccc3)N21. The molecule has 7 heteroatoms. The summed E-state index contributed by atoms with van der Waals surface area (Å²) in [6.45, 7) is 0. The van der Waals surface area contributed by atoms with Crippen LogP contribution >= 0.6 is 0 Å². The van der Waals surface area contributed by atoms with E-state index in [4.69, 9.17) is 4.84 Å². The predicted molar refractivity (Wildman–Crippen MR) is 87.9 cm³/mol. The third kappa shape index (κ3) is 2.30. The molecule has 2 aromatic rings. The zero-order valence-electron chi connectivity index (χ0n) is 13.1. The van der Waals surface area contributed by atoms with E-state index < -0.39 is 0 Å². The number of hydrazine groups is 1. The van der Waals surface area contributed by atoms with Crippen LogP contribution in [0.4, 0.5) is 5.69 Å². The third-order valence-corrected chi connectivity index (χ3v) is 4.49. The highest BCUT2D eigenvalue weighted by atomic mass is 16.7. The molecule has 0 bridgehead atoms. The Morgan fingerprint density at radius 3 is 2.54 bits per heavy atom. The minimum absolute atomic E-state index is 0.0880. The Bertz CT molecular complexity index is 791. The van der Waals surface area contributed by atoms with Crippen molar-refractivity contribution in [3.63, 3.8) is 0 Å². The first kappa shape index (κ1) is 14.6. The van der Waals surface area contributed by atoms with Gasteiger partial charge in [-0.15, -0.1) is 0 Å². The Kier molecular flexibility index (Phi) is 3.42. The van der Waals surface area contributed by atoms with Crippen molar-refractivity contribution < 1.29 is 9.76 Å². The van der Waals surface area contributed by atoms with Gasteiger partial charge in [-0.05, 0) is 5.56 Å². The molecule has 1 fully saturated rings. The fourth-order valence-corrected chi connectivity index (χ4v) is 3.26. The van der Waals surface area contributed by atoms with Gasteiger partial charge in [0.2, 0.25) is 6.23 Å². The Hall–Kier alpha value is -2.93. The number of nitro benzene ring substituents is 1. The first-order valence-corrected chi connectivity index (χ1v) is 7.71. The van der Waals surface area contributed by atoms with Gasteiger partial charge in [0.25, 0.3) is 5.69 Å². The molecule has 24 heavy (non-hydrogen) atoms. The van der Waals surface area contributed by atoms with Crippen molar-refractivity contribution in [3.8, 4) is 0 Å². The van der Waals surface area contributed by atoms with Crippen LogP contribution in [0.15, 0.2) is 59.8 Å². The number of nitrogens with zero attached hydrogens (tertiary/aromatic N) is 4. The number of fused-ring (bicyclic) bond motifs is 1. The van der Waals surface area contributed by atoms with E-state index in [-0.39, 0.29) is 22.9 Å². The van der Waals surface area contributed by atoms with E-state index in [0.29, 0.717) is 0 Å². The van der Waals surface area contributed by atoms with Crippen LogP contribution in [0.1, 0.15) is 23.6 Å². The van der Waals surface area contributed by atoms with Gasteiger partial charge in [-0.3, -0.25) is 10.1 Å². The lowest BCUT2D eigenvalue weighted by Crippen LogP contribution is -2.41. The summed E-state index contributed by atoms with van der Waals surface area (Å²) in [4.78, 5) is 16.0. The molecule has 0 spiro atoms. The summed E-state index contributed by atoms with van der Waals surface area (Å²) in [7, 11) is 1.99. The van der Waals surface area contributed by atoms with Crippen molar-refractivity contribution in [2.75, 3.05) is 7.05 Å².